The molecule has 0 radical (unpaired) electrons. The van der Waals surface area contributed by atoms with Crippen LogP contribution in [0.4, 0.5) is 4.79 Å². The van der Waals surface area contributed by atoms with Crippen molar-refractivity contribution in [3.8, 4) is 0 Å². The largest absolute Gasteiger partial charge is 0.449 e. The van der Waals surface area contributed by atoms with Gasteiger partial charge in [0.15, 0.2) is 0 Å². The first-order valence-corrected chi connectivity index (χ1v) is 14.5. The summed E-state index contributed by atoms with van der Waals surface area (Å²) in [5.41, 5.74) is 4.24. The SMILES string of the molecule is O=C(OCCCN(Cc1ccccc1)Cc1cccc2ccccc12)N1CCC(n2c(=O)[nH]c3ccccc32)CC1. The van der Waals surface area contributed by atoms with Gasteiger partial charge >= 0.3 is 11.8 Å². The van der Waals surface area contributed by atoms with Crippen LogP contribution in [0.3, 0.4) is 0 Å². The van der Waals surface area contributed by atoms with E-state index in [9.17, 15) is 9.59 Å². The Morgan fingerprint density at radius 1 is 0.854 bits per heavy atom. The number of hydrogen-bond donors (Lipinski definition) is 1. The first-order valence-electron chi connectivity index (χ1n) is 14.5. The van der Waals surface area contributed by atoms with Crippen LogP contribution in [0, 0.1) is 0 Å². The molecule has 0 unspecified atom stereocenters. The number of hydrogen-bond acceptors (Lipinski definition) is 4. The lowest BCUT2D eigenvalue weighted by atomic mass is 10.0. The number of aromatic amines is 1. The molecule has 1 aliphatic heterocycles. The molecule has 1 saturated heterocycles. The summed E-state index contributed by atoms with van der Waals surface area (Å²) in [6, 6.07) is 33.3. The van der Waals surface area contributed by atoms with Gasteiger partial charge in [-0.3, -0.25) is 9.47 Å². The van der Waals surface area contributed by atoms with Crippen LogP contribution in [0.2, 0.25) is 0 Å². The molecule has 210 valence electrons. The number of aromatic nitrogens is 2. The number of nitrogens with zero attached hydrogens (tertiary/aromatic N) is 3. The highest BCUT2D eigenvalue weighted by molar-refractivity contribution is 5.85. The fourth-order valence-corrected chi connectivity index (χ4v) is 6.01. The highest BCUT2D eigenvalue weighted by Crippen LogP contribution is 2.25. The molecule has 1 aliphatic rings. The maximum absolute atomic E-state index is 12.9. The van der Waals surface area contributed by atoms with E-state index in [0.717, 1.165) is 49.9 Å². The van der Waals surface area contributed by atoms with Crippen LogP contribution in [0.15, 0.2) is 102 Å². The molecule has 0 aliphatic carbocycles. The van der Waals surface area contributed by atoms with Crippen molar-refractivity contribution in [1.29, 1.82) is 0 Å². The van der Waals surface area contributed by atoms with Gasteiger partial charge < -0.3 is 14.6 Å². The van der Waals surface area contributed by atoms with Crippen LogP contribution in [-0.4, -0.2) is 51.7 Å². The molecule has 41 heavy (non-hydrogen) atoms. The first kappa shape index (κ1) is 26.8. The molecule has 5 aromatic rings. The van der Waals surface area contributed by atoms with E-state index in [1.807, 2.05) is 34.9 Å². The molecule has 1 amide bonds. The number of piperidine rings is 1. The maximum atomic E-state index is 12.9. The zero-order valence-electron chi connectivity index (χ0n) is 23.2. The summed E-state index contributed by atoms with van der Waals surface area (Å²) in [5, 5.41) is 2.52. The Bertz CT molecular complexity index is 1660. The standard InChI is InChI=1S/C34H36N4O3/c39-33-35-31-16-6-7-17-32(31)38(33)29-18-21-37(22-19-29)34(40)41-23-9-20-36(24-26-10-2-1-3-11-26)25-28-14-8-13-27-12-4-5-15-30(27)28/h1-8,10-17,29H,9,18-25H2,(H,35,39). The lowest BCUT2D eigenvalue weighted by Crippen LogP contribution is -2.41. The van der Waals surface area contributed by atoms with Crippen molar-refractivity contribution < 1.29 is 9.53 Å². The van der Waals surface area contributed by atoms with Crippen LogP contribution in [0.5, 0.6) is 0 Å². The number of ether oxygens (including phenoxy) is 1. The lowest BCUT2D eigenvalue weighted by Gasteiger charge is -2.32. The van der Waals surface area contributed by atoms with Gasteiger partial charge in [0, 0.05) is 38.8 Å². The number of benzene rings is 4. The summed E-state index contributed by atoms with van der Waals surface area (Å²) in [6.07, 6.45) is 1.95. The highest BCUT2D eigenvalue weighted by Gasteiger charge is 2.26. The van der Waals surface area contributed by atoms with Gasteiger partial charge in [-0.15, -0.1) is 0 Å². The zero-order valence-corrected chi connectivity index (χ0v) is 23.2. The van der Waals surface area contributed by atoms with Gasteiger partial charge in [0.05, 0.1) is 17.6 Å². The number of imidazole rings is 1. The van der Waals surface area contributed by atoms with Gasteiger partial charge in [-0.1, -0.05) is 84.9 Å². The molecule has 6 rings (SSSR count). The molecule has 7 nitrogen and oxygen atoms in total. The predicted molar refractivity (Wildman–Crippen MR) is 163 cm³/mol. The fraction of sp³-hybridized carbons (Fsp3) is 0.294. The Morgan fingerprint density at radius 3 is 2.44 bits per heavy atom. The van der Waals surface area contributed by atoms with E-state index < -0.39 is 0 Å². The van der Waals surface area contributed by atoms with Crippen molar-refractivity contribution in [2.75, 3.05) is 26.2 Å². The Labute approximate surface area is 240 Å². The number of carbonyl (C=O) groups excluding carboxylic acids is 1. The number of H-pyrrole nitrogens is 1. The monoisotopic (exact) mass is 548 g/mol. The summed E-state index contributed by atoms with van der Waals surface area (Å²) in [4.78, 5) is 32.6. The number of rotatable bonds is 9. The topological polar surface area (TPSA) is 70.6 Å². The Balaban J connectivity index is 1.03. The molecule has 0 saturated carbocycles. The molecule has 0 atom stereocenters. The number of nitrogens with one attached hydrogen (secondary N) is 1. The van der Waals surface area contributed by atoms with Gasteiger partial charge in [-0.2, -0.15) is 0 Å². The molecular formula is C34H36N4O3. The average molecular weight is 549 g/mol. The van der Waals surface area contributed by atoms with E-state index >= 15 is 0 Å². The maximum Gasteiger partial charge on any atom is 0.409 e. The van der Waals surface area contributed by atoms with Crippen molar-refractivity contribution in [3.63, 3.8) is 0 Å². The summed E-state index contributed by atoms with van der Waals surface area (Å²) in [5.74, 6) is 0. The summed E-state index contributed by atoms with van der Waals surface area (Å²) >= 11 is 0. The molecule has 1 fully saturated rings. The zero-order chi connectivity index (χ0) is 28.0. The van der Waals surface area contributed by atoms with Gasteiger partial charge in [0.1, 0.15) is 0 Å². The third-order valence-electron chi connectivity index (χ3n) is 8.08. The van der Waals surface area contributed by atoms with E-state index in [-0.39, 0.29) is 17.8 Å². The van der Waals surface area contributed by atoms with Crippen LogP contribution in [0.1, 0.15) is 36.4 Å². The molecule has 0 bridgehead atoms. The van der Waals surface area contributed by atoms with Crippen molar-refractivity contribution in [2.24, 2.45) is 0 Å². The summed E-state index contributed by atoms with van der Waals surface area (Å²) in [7, 11) is 0. The van der Waals surface area contributed by atoms with Crippen LogP contribution in [0.25, 0.3) is 21.8 Å². The van der Waals surface area contributed by atoms with E-state index in [1.54, 1.807) is 4.90 Å². The minimum absolute atomic E-state index is 0.0725. The van der Waals surface area contributed by atoms with Gasteiger partial charge in [-0.05, 0) is 53.3 Å². The van der Waals surface area contributed by atoms with Crippen molar-refractivity contribution in [1.82, 2.24) is 19.4 Å². The Kier molecular flexibility index (Phi) is 8.14. The smallest absolute Gasteiger partial charge is 0.409 e. The molecule has 4 aromatic carbocycles. The van der Waals surface area contributed by atoms with E-state index in [2.05, 4.69) is 76.6 Å². The summed E-state index contributed by atoms with van der Waals surface area (Å²) < 4.78 is 7.55. The van der Waals surface area contributed by atoms with Crippen LogP contribution < -0.4 is 5.69 Å². The number of fused-ring (bicyclic) bond motifs is 2. The lowest BCUT2D eigenvalue weighted by molar-refractivity contribution is 0.0841. The molecular weight excluding hydrogens is 512 g/mol. The van der Waals surface area contributed by atoms with E-state index in [1.165, 1.54) is 21.9 Å². The third kappa shape index (κ3) is 6.20. The molecule has 2 heterocycles. The second kappa shape index (κ2) is 12.4. The fourth-order valence-electron chi connectivity index (χ4n) is 6.01. The first-order chi connectivity index (χ1) is 20.2. The number of likely N-dealkylation sites (tertiary alicyclic amines) is 1. The molecule has 1 N–H and O–H groups in total. The third-order valence-corrected chi connectivity index (χ3v) is 8.08. The quantitative estimate of drug-likeness (QED) is 0.218. The van der Waals surface area contributed by atoms with Crippen LogP contribution in [-0.2, 0) is 17.8 Å². The van der Waals surface area contributed by atoms with Crippen molar-refractivity contribution >= 4 is 27.9 Å². The molecule has 0 spiro atoms. The van der Waals surface area contributed by atoms with E-state index in [0.29, 0.717) is 19.7 Å². The number of carbonyl (C=O) groups is 1. The highest BCUT2D eigenvalue weighted by atomic mass is 16.6. The second-order valence-electron chi connectivity index (χ2n) is 10.8. The van der Waals surface area contributed by atoms with E-state index in [4.69, 9.17) is 4.74 Å². The van der Waals surface area contributed by atoms with Crippen LogP contribution >= 0.6 is 0 Å². The minimum Gasteiger partial charge on any atom is -0.449 e. The summed E-state index contributed by atoms with van der Waals surface area (Å²) in [6.45, 7) is 4.01. The molecule has 7 heteroatoms. The van der Waals surface area contributed by atoms with Crippen molar-refractivity contribution in [2.45, 2.75) is 38.4 Å². The number of amides is 1. The minimum atomic E-state index is -0.265. The Morgan fingerprint density at radius 2 is 1.59 bits per heavy atom. The van der Waals surface area contributed by atoms with Gasteiger partial charge in [0.25, 0.3) is 0 Å². The van der Waals surface area contributed by atoms with Gasteiger partial charge in [0.2, 0.25) is 0 Å². The van der Waals surface area contributed by atoms with Crippen molar-refractivity contribution in [3.05, 3.63) is 119 Å². The number of para-hydroxylation sites is 2. The average Bonchev–Trinajstić information content (AvgIpc) is 3.35. The normalized spacial score (nSPS) is 14.2. The second-order valence-corrected chi connectivity index (χ2v) is 10.8. The molecule has 1 aromatic heterocycles. The van der Waals surface area contributed by atoms with Gasteiger partial charge in [-0.25, -0.2) is 9.59 Å². The Hall–Kier alpha value is -4.36. The predicted octanol–water partition coefficient (Wildman–Crippen LogP) is 6.35.